The van der Waals surface area contributed by atoms with Crippen LogP contribution in [0.3, 0.4) is 0 Å². The maximum atomic E-state index is 12.3. The first-order valence-electron chi connectivity index (χ1n) is 7.93. The Balaban J connectivity index is 1.40. The van der Waals surface area contributed by atoms with Gasteiger partial charge in [0.2, 0.25) is 5.91 Å². The van der Waals surface area contributed by atoms with Gasteiger partial charge in [0.05, 0.1) is 17.8 Å². The standard InChI is InChI=1S/C19H14N4OS2/c24-17(9-15-11-25-18(21-15)14-7-4-8-20-10-14)23-19-22-16(12-26-19)13-5-2-1-3-6-13/h1-8,10-12H,9H2,(H,22,23,24). The Kier molecular flexibility index (Phi) is 4.81. The van der Waals surface area contributed by atoms with Crippen LogP contribution in [-0.2, 0) is 11.2 Å². The van der Waals surface area contributed by atoms with Crippen LogP contribution in [-0.4, -0.2) is 20.9 Å². The first-order valence-corrected chi connectivity index (χ1v) is 9.69. The molecule has 0 unspecified atom stereocenters. The van der Waals surface area contributed by atoms with Crippen LogP contribution in [0.5, 0.6) is 0 Å². The Labute approximate surface area is 158 Å². The summed E-state index contributed by atoms with van der Waals surface area (Å²) in [6, 6.07) is 13.7. The monoisotopic (exact) mass is 378 g/mol. The summed E-state index contributed by atoms with van der Waals surface area (Å²) >= 11 is 2.92. The minimum absolute atomic E-state index is 0.123. The number of thiazole rings is 2. The Hall–Kier alpha value is -2.90. The predicted octanol–water partition coefficient (Wildman–Crippen LogP) is 4.51. The number of hydrogen-bond donors (Lipinski definition) is 1. The van der Waals surface area contributed by atoms with Gasteiger partial charge in [-0.25, -0.2) is 9.97 Å². The van der Waals surface area contributed by atoms with Gasteiger partial charge < -0.3 is 5.32 Å². The molecular formula is C19H14N4OS2. The first-order chi connectivity index (χ1) is 12.8. The highest BCUT2D eigenvalue weighted by atomic mass is 32.1. The molecule has 0 aliphatic carbocycles. The Morgan fingerprint density at radius 3 is 2.62 bits per heavy atom. The number of nitrogens with zero attached hydrogens (tertiary/aromatic N) is 3. The summed E-state index contributed by atoms with van der Waals surface area (Å²) in [6.45, 7) is 0. The van der Waals surface area contributed by atoms with Crippen molar-refractivity contribution in [2.75, 3.05) is 5.32 Å². The lowest BCUT2D eigenvalue weighted by Crippen LogP contribution is -2.14. The molecule has 4 rings (SSSR count). The van der Waals surface area contributed by atoms with Gasteiger partial charge in [0.15, 0.2) is 5.13 Å². The lowest BCUT2D eigenvalue weighted by molar-refractivity contribution is -0.115. The highest BCUT2D eigenvalue weighted by Gasteiger charge is 2.11. The molecule has 3 heterocycles. The van der Waals surface area contributed by atoms with Crippen LogP contribution in [0.1, 0.15) is 5.69 Å². The van der Waals surface area contributed by atoms with Crippen molar-refractivity contribution in [2.45, 2.75) is 6.42 Å². The zero-order valence-electron chi connectivity index (χ0n) is 13.6. The zero-order valence-corrected chi connectivity index (χ0v) is 15.3. The second kappa shape index (κ2) is 7.55. The van der Waals surface area contributed by atoms with E-state index in [1.165, 1.54) is 22.7 Å². The number of hydrogen-bond acceptors (Lipinski definition) is 6. The summed E-state index contributed by atoms with van der Waals surface area (Å²) in [7, 11) is 0. The molecule has 1 N–H and O–H groups in total. The van der Waals surface area contributed by atoms with E-state index in [0.717, 1.165) is 27.5 Å². The molecule has 7 heteroatoms. The van der Waals surface area contributed by atoms with Gasteiger partial charge in [-0.15, -0.1) is 22.7 Å². The van der Waals surface area contributed by atoms with Crippen LogP contribution < -0.4 is 5.32 Å². The molecule has 0 aliphatic heterocycles. The average molecular weight is 378 g/mol. The quantitative estimate of drug-likeness (QED) is 0.555. The van der Waals surface area contributed by atoms with Gasteiger partial charge in [-0.1, -0.05) is 30.3 Å². The molecule has 0 radical (unpaired) electrons. The number of pyridine rings is 1. The van der Waals surface area contributed by atoms with E-state index in [9.17, 15) is 4.79 Å². The summed E-state index contributed by atoms with van der Waals surface area (Å²) < 4.78 is 0. The van der Waals surface area contributed by atoms with Gasteiger partial charge in [-0.2, -0.15) is 0 Å². The fourth-order valence-electron chi connectivity index (χ4n) is 2.41. The Morgan fingerprint density at radius 1 is 0.962 bits per heavy atom. The van der Waals surface area contributed by atoms with Crippen molar-refractivity contribution in [2.24, 2.45) is 0 Å². The Morgan fingerprint density at radius 2 is 1.81 bits per heavy atom. The first kappa shape index (κ1) is 16.6. The molecule has 0 fully saturated rings. The van der Waals surface area contributed by atoms with Crippen molar-refractivity contribution in [3.63, 3.8) is 0 Å². The molecule has 0 spiro atoms. The van der Waals surface area contributed by atoms with Gasteiger partial charge in [0.25, 0.3) is 0 Å². The second-order valence-corrected chi connectivity index (χ2v) is 7.23. The largest absolute Gasteiger partial charge is 0.302 e. The Bertz CT molecular complexity index is 930. The molecule has 0 bridgehead atoms. The molecule has 128 valence electrons. The topological polar surface area (TPSA) is 67.8 Å². The van der Waals surface area contributed by atoms with Gasteiger partial charge in [0, 0.05) is 34.3 Å². The van der Waals surface area contributed by atoms with Crippen molar-refractivity contribution >= 4 is 33.7 Å². The maximum Gasteiger partial charge on any atom is 0.232 e. The van der Waals surface area contributed by atoms with E-state index in [0.29, 0.717) is 5.13 Å². The average Bonchev–Trinajstić information content (AvgIpc) is 3.33. The number of nitrogens with one attached hydrogen (secondary N) is 1. The summed E-state index contributed by atoms with van der Waals surface area (Å²) in [6.07, 6.45) is 3.71. The van der Waals surface area contributed by atoms with Crippen LogP contribution in [0, 0.1) is 0 Å². The van der Waals surface area contributed by atoms with E-state index in [1.54, 1.807) is 12.4 Å². The fourth-order valence-corrected chi connectivity index (χ4v) is 3.96. The third-order valence-corrected chi connectivity index (χ3v) is 5.32. The maximum absolute atomic E-state index is 12.3. The second-order valence-electron chi connectivity index (χ2n) is 5.51. The number of benzene rings is 1. The van der Waals surface area contributed by atoms with Gasteiger partial charge >= 0.3 is 0 Å². The molecular weight excluding hydrogens is 364 g/mol. The fraction of sp³-hybridized carbons (Fsp3) is 0.0526. The molecule has 26 heavy (non-hydrogen) atoms. The molecule has 0 atom stereocenters. The number of amides is 1. The van der Waals surface area contributed by atoms with Crippen molar-refractivity contribution in [3.05, 3.63) is 71.3 Å². The predicted molar refractivity (Wildman–Crippen MR) is 105 cm³/mol. The molecule has 0 aliphatic rings. The number of carbonyl (C=O) groups is 1. The molecule has 1 aromatic carbocycles. The smallest absolute Gasteiger partial charge is 0.232 e. The minimum Gasteiger partial charge on any atom is -0.302 e. The minimum atomic E-state index is -0.123. The highest BCUT2D eigenvalue weighted by Crippen LogP contribution is 2.25. The van der Waals surface area contributed by atoms with E-state index in [1.807, 2.05) is 53.2 Å². The van der Waals surface area contributed by atoms with E-state index in [2.05, 4.69) is 20.3 Å². The highest BCUT2D eigenvalue weighted by molar-refractivity contribution is 7.14. The van der Waals surface area contributed by atoms with Crippen LogP contribution in [0.15, 0.2) is 65.6 Å². The van der Waals surface area contributed by atoms with Crippen molar-refractivity contribution < 1.29 is 4.79 Å². The normalized spacial score (nSPS) is 10.6. The van der Waals surface area contributed by atoms with E-state index >= 15 is 0 Å². The van der Waals surface area contributed by atoms with E-state index in [-0.39, 0.29) is 12.3 Å². The lowest BCUT2D eigenvalue weighted by Gasteiger charge is -1.99. The van der Waals surface area contributed by atoms with Gasteiger partial charge in [-0.3, -0.25) is 9.78 Å². The molecule has 0 saturated carbocycles. The summed E-state index contributed by atoms with van der Waals surface area (Å²) in [5.41, 5.74) is 3.59. The molecule has 5 nitrogen and oxygen atoms in total. The van der Waals surface area contributed by atoms with Gasteiger partial charge in [-0.05, 0) is 12.1 Å². The van der Waals surface area contributed by atoms with Crippen LogP contribution in [0.25, 0.3) is 21.8 Å². The summed E-state index contributed by atoms with van der Waals surface area (Å²) in [5.74, 6) is -0.123. The molecule has 3 aromatic heterocycles. The molecule has 1 amide bonds. The van der Waals surface area contributed by atoms with Crippen molar-refractivity contribution in [1.82, 2.24) is 15.0 Å². The summed E-state index contributed by atoms with van der Waals surface area (Å²) in [5, 5.41) is 8.15. The molecule has 0 saturated heterocycles. The number of aromatic nitrogens is 3. The third kappa shape index (κ3) is 3.84. The van der Waals surface area contributed by atoms with E-state index < -0.39 is 0 Å². The van der Waals surface area contributed by atoms with Crippen LogP contribution in [0.2, 0.25) is 0 Å². The van der Waals surface area contributed by atoms with Crippen molar-refractivity contribution in [3.8, 4) is 21.8 Å². The van der Waals surface area contributed by atoms with Gasteiger partial charge in [0.1, 0.15) is 5.01 Å². The van der Waals surface area contributed by atoms with Crippen molar-refractivity contribution in [1.29, 1.82) is 0 Å². The lowest BCUT2D eigenvalue weighted by atomic mass is 10.2. The number of carbonyl (C=O) groups excluding carboxylic acids is 1. The molecule has 4 aromatic rings. The van der Waals surface area contributed by atoms with E-state index in [4.69, 9.17) is 0 Å². The zero-order chi connectivity index (χ0) is 17.8. The number of rotatable bonds is 5. The SMILES string of the molecule is O=C(Cc1csc(-c2cccnc2)n1)Nc1nc(-c2ccccc2)cs1. The summed E-state index contributed by atoms with van der Waals surface area (Å²) in [4.78, 5) is 25.4. The third-order valence-electron chi connectivity index (χ3n) is 3.62. The van der Waals surface area contributed by atoms with Crippen LogP contribution in [0.4, 0.5) is 5.13 Å². The van der Waals surface area contributed by atoms with Crippen LogP contribution >= 0.6 is 22.7 Å². The number of anilines is 1.